The normalized spacial score (nSPS) is 16.8. The van der Waals surface area contributed by atoms with E-state index in [1.54, 1.807) is 0 Å². The lowest BCUT2D eigenvalue weighted by atomic mass is 9.95. The zero-order valence-electron chi connectivity index (χ0n) is 18.4. The molecule has 30 heavy (non-hydrogen) atoms. The monoisotopic (exact) mass is 407 g/mol. The standard InChI is InChI=1S/C25H33N3O2/c1-16(2)13-23(25(30)27-21-11-9-18(10-12-21)17(3)4)28-24(29)22-14-19-7-5-6-8-20(19)15-26-22/h5-12,16-17,22-23,26H,13-15H2,1-4H3,(H,27,30)(H,28,29)/t22-,23+/m0/s1. The van der Waals surface area contributed by atoms with Crippen LogP contribution >= 0.6 is 0 Å². The van der Waals surface area contributed by atoms with Gasteiger partial charge in [0.2, 0.25) is 11.8 Å². The molecular formula is C25H33N3O2. The highest BCUT2D eigenvalue weighted by atomic mass is 16.2. The number of nitrogens with one attached hydrogen (secondary N) is 3. The summed E-state index contributed by atoms with van der Waals surface area (Å²) in [5, 5.41) is 9.24. The Morgan fingerprint density at radius 1 is 1.00 bits per heavy atom. The number of carbonyl (C=O) groups is 2. The van der Waals surface area contributed by atoms with E-state index in [2.05, 4.69) is 55.8 Å². The molecule has 2 aromatic carbocycles. The van der Waals surface area contributed by atoms with Gasteiger partial charge in [-0.2, -0.15) is 0 Å². The smallest absolute Gasteiger partial charge is 0.246 e. The van der Waals surface area contributed by atoms with E-state index in [0.717, 1.165) is 5.69 Å². The summed E-state index contributed by atoms with van der Waals surface area (Å²) in [7, 11) is 0. The summed E-state index contributed by atoms with van der Waals surface area (Å²) in [5.41, 5.74) is 4.38. The van der Waals surface area contributed by atoms with Gasteiger partial charge < -0.3 is 16.0 Å². The van der Waals surface area contributed by atoms with E-state index >= 15 is 0 Å². The minimum absolute atomic E-state index is 0.125. The first-order valence-electron chi connectivity index (χ1n) is 10.8. The van der Waals surface area contributed by atoms with Crippen molar-refractivity contribution in [2.24, 2.45) is 5.92 Å². The number of rotatable bonds is 7. The lowest BCUT2D eigenvalue weighted by molar-refractivity contribution is -0.128. The van der Waals surface area contributed by atoms with Gasteiger partial charge in [0.15, 0.2) is 0 Å². The van der Waals surface area contributed by atoms with E-state index < -0.39 is 6.04 Å². The lowest BCUT2D eigenvalue weighted by Gasteiger charge is -2.28. The van der Waals surface area contributed by atoms with Gasteiger partial charge in [0.1, 0.15) is 6.04 Å². The number of amides is 2. The molecule has 3 rings (SSSR count). The quantitative estimate of drug-likeness (QED) is 0.650. The lowest BCUT2D eigenvalue weighted by Crippen LogP contribution is -2.53. The van der Waals surface area contributed by atoms with Gasteiger partial charge in [0.05, 0.1) is 6.04 Å². The Balaban J connectivity index is 1.65. The molecule has 5 nitrogen and oxygen atoms in total. The fraction of sp³-hybridized carbons (Fsp3) is 0.440. The average molecular weight is 408 g/mol. The van der Waals surface area contributed by atoms with Crippen molar-refractivity contribution in [3.05, 3.63) is 65.2 Å². The van der Waals surface area contributed by atoms with Gasteiger partial charge in [0, 0.05) is 12.2 Å². The Labute approximate surface area is 179 Å². The van der Waals surface area contributed by atoms with Crippen molar-refractivity contribution < 1.29 is 9.59 Å². The molecule has 2 amide bonds. The fourth-order valence-electron chi connectivity index (χ4n) is 3.80. The fourth-order valence-corrected chi connectivity index (χ4v) is 3.80. The second kappa shape index (κ2) is 9.90. The number of carbonyl (C=O) groups excluding carboxylic acids is 2. The molecule has 1 aliphatic rings. The molecule has 160 valence electrons. The molecule has 0 spiro atoms. The molecule has 0 fully saturated rings. The van der Waals surface area contributed by atoms with Gasteiger partial charge in [-0.1, -0.05) is 64.1 Å². The van der Waals surface area contributed by atoms with Crippen molar-refractivity contribution in [1.82, 2.24) is 10.6 Å². The van der Waals surface area contributed by atoms with E-state index in [-0.39, 0.29) is 23.8 Å². The largest absolute Gasteiger partial charge is 0.343 e. The molecule has 0 aromatic heterocycles. The summed E-state index contributed by atoms with van der Waals surface area (Å²) in [5.74, 6) is 0.422. The third-order valence-corrected chi connectivity index (χ3v) is 5.58. The van der Waals surface area contributed by atoms with E-state index in [1.807, 2.05) is 36.4 Å². The number of hydrogen-bond acceptors (Lipinski definition) is 3. The Morgan fingerprint density at radius 2 is 1.67 bits per heavy atom. The highest BCUT2D eigenvalue weighted by Crippen LogP contribution is 2.19. The van der Waals surface area contributed by atoms with Gasteiger partial charge in [-0.05, 0) is 53.5 Å². The summed E-state index contributed by atoms with van der Waals surface area (Å²) in [4.78, 5) is 25.9. The van der Waals surface area contributed by atoms with Crippen molar-refractivity contribution in [2.75, 3.05) is 5.32 Å². The Hall–Kier alpha value is -2.66. The Kier molecular flexibility index (Phi) is 7.27. The molecule has 0 saturated carbocycles. The third kappa shape index (κ3) is 5.70. The second-order valence-electron chi connectivity index (χ2n) is 8.86. The highest BCUT2D eigenvalue weighted by molar-refractivity contribution is 5.98. The molecule has 0 radical (unpaired) electrons. The molecule has 2 atom stereocenters. The zero-order chi connectivity index (χ0) is 21.7. The van der Waals surface area contributed by atoms with Crippen LogP contribution in [0.25, 0.3) is 0 Å². The molecule has 0 unspecified atom stereocenters. The van der Waals surface area contributed by atoms with Crippen molar-refractivity contribution in [1.29, 1.82) is 0 Å². The van der Waals surface area contributed by atoms with Crippen molar-refractivity contribution in [2.45, 2.75) is 65.1 Å². The van der Waals surface area contributed by atoms with E-state index in [4.69, 9.17) is 0 Å². The van der Waals surface area contributed by atoms with Crippen LogP contribution < -0.4 is 16.0 Å². The van der Waals surface area contributed by atoms with Crippen LogP contribution in [0.2, 0.25) is 0 Å². The van der Waals surface area contributed by atoms with E-state index in [0.29, 0.717) is 25.3 Å². The van der Waals surface area contributed by atoms with Crippen LogP contribution in [-0.4, -0.2) is 23.9 Å². The number of fused-ring (bicyclic) bond motifs is 1. The second-order valence-corrected chi connectivity index (χ2v) is 8.86. The average Bonchev–Trinajstić information content (AvgIpc) is 2.72. The molecule has 0 saturated heterocycles. The minimum Gasteiger partial charge on any atom is -0.343 e. The van der Waals surface area contributed by atoms with Gasteiger partial charge in [-0.3, -0.25) is 9.59 Å². The van der Waals surface area contributed by atoms with Crippen LogP contribution in [0, 0.1) is 5.92 Å². The third-order valence-electron chi connectivity index (χ3n) is 5.58. The van der Waals surface area contributed by atoms with Crippen molar-refractivity contribution >= 4 is 17.5 Å². The van der Waals surface area contributed by atoms with Gasteiger partial charge in [-0.15, -0.1) is 0 Å². The maximum Gasteiger partial charge on any atom is 0.246 e. The molecule has 2 aromatic rings. The molecule has 5 heteroatoms. The number of benzene rings is 2. The molecule has 0 aliphatic carbocycles. The van der Waals surface area contributed by atoms with E-state index in [9.17, 15) is 9.59 Å². The summed E-state index contributed by atoms with van der Waals surface area (Å²) >= 11 is 0. The zero-order valence-corrected chi connectivity index (χ0v) is 18.4. The highest BCUT2D eigenvalue weighted by Gasteiger charge is 2.28. The van der Waals surface area contributed by atoms with Crippen LogP contribution in [-0.2, 0) is 22.6 Å². The summed E-state index contributed by atoms with van der Waals surface area (Å²) in [6, 6.07) is 15.2. The summed E-state index contributed by atoms with van der Waals surface area (Å²) in [6.45, 7) is 9.05. The maximum atomic E-state index is 12.9. The first-order valence-corrected chi connectivity index (χ1v) is 10.8. The van der Waals surface area contributed by atoms with Crippen LogP contribution in [0.4, 0.5) is 5.69 Å². The summed E-state index contributed by atoms with van der Waals surface area (Å²) < 4.78 is 0. The topological polar surface area (TPSA) is 70.2 Å². The first-order chi connectivity index (χ1) is 14.3. The van der Waals surface area contributed by atoms with Crippen molar-refractivity contribution in [3.63, 3.8) is 0 Å². The SMILES string of the molecule is CC(C)C[C@@H](NC(=O)[C@@H]1Cc2ccccc2CN1)C(=O)Nc1ccc(C(C)C)cc1. The van der Waals surface area contributed by atoms with Gasteiger partial charge in [0.25, 0.3) is 0 Å². The molecule has 0 bridgehead atoms. The van der Waals surface area contributed by atoms with Gasteiger partial charge in [-0.25, -0.2) is 0 Å². The van der Waals surface area contributed by atoms with Crippen LogP contribution in [0.3, 0.4) is 0 Å². The van der Waals surface area contributed by atoms with Crippen molar-refractivity contribution in [3.8, 4) is 0 Å². The van der Waals surface area contributed by atoms with Crippen LogP contribution in [0.15, 0.2) is 48.5 Å². The van der Waals surface area contributed by atoms with Gasteiger partial charge >= 0.3 is 0 Å². The molecular weight excluding hydrogens is 374 g/mol. The first kappa shape index (κ1) is 22.0. The Morgan fingerprint density at radius 3 is 2.30 bits per heavy atom. The molecule has 3 N–H and O–H groups in total. The Bertz CT molecular complexity index is 874. The van der Waals surface area contributed by atoms with Crippen LogP contribution in [0.1, 0.15) is 56.7 Å². The van der Waals surface area contributed by atoms with E-state index in [1.165, 1.54) is 16.7 Å². The summed E-state index contributed by atoms with van der Waals surface area (Å²) in [6.07, 6.45) is 1.22. The molecule has 1 aliphatic heterocycles. The predicted octanol–water partition coefficient (Wildman–Crippen LogP) is 3.99. The molecule has 1 heterocycles. The maximum absolute atomic E-state index is 12.9. The minimum atomic E-state index is -0.568. The number of anilines is 1. The predicted molar refractivity (Wildman–Crippen MR) is 121 cm³/mol. The number of hydrogen-bond donors (Lipinski definition) is 3. The van der Waals surface area contributed by atoms with Crippen LogP contribution in [0.5, 0.6) is 0 Å².